The van der Waals surface area contributed by atoms with Crippen LogP contribution in [0.5, 0.6) is 17.2 Å². The van der Waals surface area contributed by atoms with Crippen LogP contribution in [-0.4, -0.2) is 26.7 Å². The number of methoxy groups -OCH3 is 2. The van der Waals surface area contributed by atoms with Crippen molar-refractivity contribution in [1.82, 2.24) is 5.32 Å². The fourth-order valence-electron chi connectivity index (χ4n) is 2.68. The third kappa shape index (κ3) is 4.82. The molecule has 26 heavy (non-hydrogen) atoms. The zero-order valence-corrected chi connectivity index (χ0v) is 16.4. The SMILES string of the molecule is COc1ccc(OC)c([C@H](C)NC(=O)COc2cc(C)c(Cl)c(C)c2)c1. The molecular weight excluding hydrogens is 354 g/mol. The second-order valence-corrected chi connectivity index (χ2v) is 6.43. The predicted octanol–water partition coefficient (Wildman–Crippen LogP) is 4.23. The van der Waals surface area contributed by atoms with Gasteiger partial charge in [0.05, 0.1) is 20.3 Å². The molecule has 0 aliphatic carbocycles. The molecule has 0 radical (unpaired) electrons. The van der Waals surface area contributed by atoms with Gasteiger partial charge < -0.3 is 19.5 Å². The Morgan fingerprint density at radius 3 is 2.31 bits per heavy atom. The van der Waals surface area contributed by atoms with Gasteiger partial charge in [-0.25, -0.2) is 0 Å². The molecule has 0 aromatic heterocycles. The minimum atomic E-state index is -0.259. The smallest absolute Gasteiger partial charge is 0.258 e. The van der Waals surface area contributed by atoms with Crippen LogP contribution >= 0.6 is 11.6 Å². The van der Waals surface area contributed by atoms with Crippen molar-refractivity contribution in [2.45, 2.75) is 26.8 Å². The van der Waals surface area contributed by atoms with Crippen LogP contribution in [-0.2, 0) is 4.79 Å². The summed E-state index contributed by atoms with van der Waals surface area (Å²) in [6.45, 7) is 5.60. The van der Waals surface area contributed by atoms with Gasteiger partial charge in [-0.2, -0.15) is 0 Å². The number of nitrogens with one attached hydrogen (secondary N) is 1. The first-order chi connectivity index (χ1) is 12.3. The molecule has 1 atom stereocenters. The summed E-state index contributed by atoms with van der Waals surface area (Å²) in [4.78, 5) is 12.3. The molecule has 0 saturated heterocycles. The minimum Gasteiger partial charge on any atom is -0.497 e. The van der Waals surface area contributed by atoms with E-state index in [1.54, 1.807) is 14.2 Å². The number of ether oxygens (including phenoxy) is 3. The molecule has 6 heteroatoms. The maximum Gasteiger partial charge on any atom is 0.258 e. The molecule has 0 aliphatic rings. The number of hydrogen-bond acceptors (Lipinski definition) is 4. The second-order valence-electron chi connectivity index (χ2n) is 6.06. The molecule has 0 spiro atoms. The third-order valence-corrected chi connectivity index (χ3v) is 4.66. The Hall–Kier alpha value is -2.40. The van der Waals surface area contributed by atoms with Crippen molar-refractivity contribution < 1.29 is 19.0 Å². The summed E-state index contributed by atoms with van der Waals surface area (Å²) in [6.07, 6.45) is 0. The zero-order valence-electron chi connectivity index (χ0n) is 15.7. The van der Waals surface area contributed by atoms with Crippen molar-refractivity contribution in [2.24, 2.45) is 0 Å². The highest BCUT2D eigenvalue weighted by atomic mass is 35.5. The average Bonchev–Trinajstić information content (AvgIpc) is 2.63. The van der Waals surface area contributed by atoms with Gasteiger partial charge in [-0.3, -0.25) is 4.79 Å². The van der Waals surface area contributed by atoms with E-state index in [-0.39, 0.29) is 18.6 Å². The number of rotatable bonds is 7. The molecule has 1 amide bonds. The lowest BCUT2D eigenvalue weighted by molar-refractivity contribution is -0.123. The minimum absolute atomic E-state index is 0.0862. The van der Waals surface area contributed by atoms with E-state index in [0.717, 1.165) is 16.7 Å². The van der Waals surface area contributed by atoms with Crippen LogP contribution in [0.2, 0.25) is 5.02 Å². The number of carbonyl (C=O) groups is 1. The Morgan fingerprint density at radius 1 is 1.08 bits per heavy atom. The molecule has 2 aromatic carbocycles. The van der Waals surface area contributed by atoms with Gasteiger partial charge in [0.15, 0.2) is 6.61 Å². The van der Waals surface area contributed by atoms with Crippen molar-refractivity contribution in [1.29, 1.82) is 0 Å². The number of benzene rings is 2. The molecule has 0 heterocycles. The molecule has 0 aliphatic heterocycles. The van der Waals surface area contributed by atoms with E-state index in [1.807, 2.05) is 51.1 Å². The maximum atomic E-state index is 12.3. The number of hydrogen-bond donors (Lipinski definition) is 1. The van der Waals surface area contributed by atoms with Gasteiger partial charge in [-0.1, -0.05) is 11.6 Å². The van der Waals surface area contributed by atoms with Crippen LogP contribution in [0, 0.1) is 13.8 Å². The summed E-state index contributed by atoms with van der Waals surface area (Å²) in [7, 11) is 3.19. The summed E-state index contributed by atoms with van der Waals surface area (Å²) in [5, 5.41) is 3.62. The lowest BCUT2D eigenvalue weighted by Gasteiger charge is -2.18. The van der Waals surface area contributed by atoms with Gasteiger partial charge in [0.1, 0.15) is 17.2 Å². The molecule has 0 bridgehead atoms. The molecule has 140 valence electrons. The monoisotopic (exact) mass is 377 g/mol. The van der Waals surface area contributed by atoms with Gasteiger partial charge >= 0.3 is 0 Å². The predicted molar refractivity (Wildman–Crippen MR) is 103 cm³/mol. The number of aryl methyl sites for hydroxylation is 2. The van der Waals surface area contributed by atoms with Crippen molar-refractivity contribution in [3.8, 4) is 17.2 Å². The van der Waals surface area contributed by atoms with Crippen LogP contribution in [0.25, 0.3) is 0 Å². The van der Waals surface area contributed by atoms with Crippen molar-refractivity contribution in [2.75, 3.05) is 20.8 Å². The number of carbonyl (C=O) groups excluding carboxylic acids is 1. The van der Waals surface area contributed by atoms with E-state index in [1.165, 1.54) is 0 Å². The largest absolute Gasteiger partial charge is 0.497 e. The second kappa shape index (κ2) is 8.81. The van der Waals surface area contributed by atoms with Gasteiger partial charge in [0.2, 0.25) is 0 Å². The Kier molecular flexibility index (Phi) is 6.75. The summed E-state index contributed by atoms with van der Waals surface area (Å²) in [6, 6.07) is 8.84. The Bertz CT molecular complexity index is 768. The highest BCUT2D eigenvalue weighted by Crippen LogP contribution is 2.29. The quantitative estimate of drug-likeness (QED) is 0.784. The highest BCUT2D eigenvalue weighted by Gasteiger charge is 2.16. The number of amides is 1. The molecule has 0 saturated carbocycles. The lowest BCUT2D eigenvalue weighted by atomic mass is 10.1. The first kappa shape index (κ1) is 19.9. The van der Waals surface area contributed by atoms with E-state index in [9.17, 15) is 4.79 Å². The van der Waals surface area contributed by atoms with Crippen molar-refractivity contribution >= 4 is 17.5 Å². The topological polar surface area (TPSA) is 56.8 Å². The molecule has 2 rings (SSSR count). The van der Waals surface area contributed by atoms with Crippen LogP contribution < -0.4 is 19.5 Å². The van der Waals surface area contributed by atoms with Gasteiger partial charge in [-0.05, 0) is 62.2 Å². The first-order valence-corrected chi connectivity index (χ1v) is 8.64. The third-order valence-electron chi connectivity index (χ3n) is 4.06. The van der Waals surface area contributed by atoms with Crippen LogP contribution in [0.3, 0.4) is 0 Å². The molecule has 2 aromatic rings. The zero-order chi connectivity index (χ0) is 19.3. The Balaban J connectivity index is 2.01. The van der Waals surface area contributed by atoms with E-state index in [0.29, 0.717) is 22.3 Å². The Morgan fingerprint density at radius 2 is 1.73 bits per heavy atom. The van der Waals surface area contributed by atoms with Crippen LogP contribution in [0.15, 0.2) is 30.3 Å². The van der Waals surface area contributed by atoms with Gasteiger partial charge in [-0.15, -0.1) is 0 Å². The normalized spacial score (nSPS) is 11.6. The summed E-state index contributed by atoms with van der Waals surface area (Å²) >= 11 is 6.15. The highest BCUT2D eigenvalue weighted by molar-refractivity contribution is 6.32. The summed E-state index contributed by atoms with van der Waals surface area (Å²) < 4.78 is 16.2. The van der Waals surface area contributed by atoms with E-state index < -0.39 is 0 Å². The van der Waals surface area contributed by atoms with Crippen molar-refractivity contribution in [3.63, 3.8) is 0 Å². The van der Waals surface area contributed by atoms with Crippen LogP contribution in [0.1, 0.15) is 29.7 Å². The van der Waals surface area contributed by atoms with Gasteiger partial charge in [0, 0.05) is 10.6 Å². The molecular formula is C20H24ClNO4. The fourth-order valence-corrected chi connectivity index (χ4v) is 2.79. The number of halogens is 1. The van der Waals surface area contributed by atoms with Gasteiger partial charge in [0.25, 0.3) is 5.91 Å². The molecule has 1 N–H and O–H groups in total. The summed E-state index contributed by atoms with van der Waals surface area (Å²) in [5.74, 6) is 1.77. The maximum absolute atomic E-state index is 12.3. The fraction of sp³-hybridized carbons (Fsp3) is 0.350. The Labute approximate surface area is 159 Å². The van der Waals surface area contributed by atoms with E-state index in [4.69, 9.17) is 25.8 Å². The molecule has 0 unspecified atom stereocenters. The van der Waals surface area contributed by atoms with E-state index in [2.05, 4.69) is 5.32 Å². The lowest BCUT2D eigenvalue weighted by Crippen LogP contribution is -2.31. The molecule has 5 nitrogen and oxygen atoms in total. The first-order valence-electron chi connectivity index (χ1n) is 8.26. The molecule has 0 fully saturated rings. The average molecular weight is 378 g/mol. The van der Waals surface area contributed by atoms with Crippen LogP contribution in [0.4, 0.5) is 0 Å². The van der Waals surface area contributed by atoms with E-state index >= 15 is 0 Å². The van der Waals surface area contributed by atoms with Crippen molar-refractivity contribution in [3.05, 3.63) is 52.0 Å². The summed E-state index contributed by atoms with van der Waals surface area (Å²) in [5.41, 5.74) is 2.66. The standard InChI is InChI=1S/C20H24ClNO4/c1-12-8-16(9-13(2)20(12)21)26-11-19(23)22-14(3)17-10-15(24-4)6-7-18(17)25-5/h6-10,14H,11H2,1-5H3,(H,22,23)/t14-/m0/s1.